The molecule has 0 spiro atoms. The van der Waals surface area contributed by atoms with Gasteiger partial charge in [-0.3, -0.25) is 14.2 Å². The number of fused-ring (bicyclic) bond motifs is 1. The Hall–Kier alpha value is -2.38. The van der Waals surface area contributed by atoms with Gasteiger partial charge in [-0.1, -0.05) is 48.8 Å². The van der Waals surface area contributed by atoms with E-state index in [4.69, 9.17) is 11.6 Å². The monoisotopic (exact) mass is 433 g/mol. The quantitative estimate of drug-likeness (QED) is 0.437. The highest BCUT2D eigenvalue weighted by molar-refractivity contribution is 7.99. The van der Waals surface area contributed by atoms with Crippen molar-refractivity contribution in [1.82, 2.24) is 14.9 Å². The van der Waals surface area contributed by atoms with Crippen LogP contribution in [0.5, 0.6) is 0 Å². The number of nitrogens with zero attached hydrogens (tertiary/aromatic N) is 2. The predicted octanol–water partition coefficient (Wildman–Crippen LogP) is 4.58. The standard InChI is InChI=1S/C21H21ClFN3O2S/c1-3-6-13(2)24-19(27)12-29-21-25-18-8-5-4-7-15(18)20(28)26(21)14-9-10-17(23)16(22)11-14/h4-5,7-11,13H,3,6,12H2,1-2H3,(H,24,27)/t13-/m0/s1. The van der Waals surface area contributed by atoms with Crippen LogP contribution < -0.4 is 10.9 Å². The van der Waals surface area contributed by atoms with Crippen LogP contribution in [0, 0.1) is 5.82 Å². The zero-order valence-corrected chi connectivity index (χ0v) is 17.7. The minimum Gasteiger partial charge on any atom is -0.353 e. The van der Waals surface area contributed by atoms with E-state index in [1.807, 2.05) is 6.92 Å². The molecule has 1 atom stereocenters. The molecule has 0 aliphatic carbocycles. The van der Waals surface area contributed by atoms with Crippen LogP contribution in [0.3, 0.4) is 0 Å². The molecule has 0 unspecified atom stereocenters. The SMILES string of the molecule is CCC[C@H](C)NC(=O)CSc1nc2ccccc2c(=O)n1-c1ccc(F)c(Cl)c1. The lowest BCUT2D eigenvalue weighted by atomic mass is 10.2. The van der Waals surface area contributed by atoms with Crippen molar-refractivity contribution in [2.24, 2.45) is 0 Å². The van der Waals surface area contributed by atoms with Gasteiger partial charge >= 0.3 is 0 Å². The number of amides is 1. The van der Waals surface area contributed by atoms with E-state index in [1.54, 1.807) is 24.3 Å². The number of carbonyl (C=O) groups is 1. The fraction of sp³-hybridized carbons (Fsp3) is 0.286. The lowest BCUT2D eigenvalue weighted by molar-refractivity contribution is -0.119. The molecule has 152 valence electrons. The number of aromatic nitrogens is 2. The molecule has 8 heteroatoms. The summed E-state index contributed by atoms with van der Waals surface area (Å²) in [5.74, 6) is -0.605. The second kappa shape index (κ2) is 9.41. The average Bonchev–Trinajstić information content (AvgIpc) is 2.69. The molecule has 0 aliphatic heterocycles. The van der Waals surface area contributed by atoms with Crippen molar-refractivity contribution in [2.75, 3.05) is 5.75 Å². The highest BCUT2D eigenvalue weighted by Gasteiger charge is 2.16. The summed E-state index contributed by atoms with van der Waals surface area (Å²) < 4.78 is 15.0. The number of halogens is 2. The highest BCUT2D eigenvalue weighted by atomic mass is 35.5. The fourth-order valence-corrected chi connectivity index (χ4v) is 4.01. The normalized spacial score (nSPS) is 12.1. The molecule has 1 heterocycles. The van der Waals surface area contributed by atoms with Gasteiger partial charge in [0, 0.05) is 6.04 Å². The summed E-state index contributed by atoms with van der Waals surface area (Å²) in [6.45, 7) is 4.01. The zero-order chi connectivity index (χ0) is 21.0. The Morgan fingerprint density at radius 2 is 2.07 bits per heavy atom. The van der Waals surface area contributed by atoms with Gasteiger partial charge in [0.25, 0.3) is 5.56 Å². The smallest absolute Gasteiger partial charge is 0.266 e. The Morgan fingerprint density at radius 3 is 2.79 bits per heavy atom. The molecular weight excluding hydrogens is 413 g/mol. The number of benzene rings is 2. The molecule has 0 bridgehead atoms. The Balaban J connectivity index is 2.00. The molecule has 0 saturated heterocycles. The molecule has 0 aliphatic rings. The van der Waals surface area contributed by atoms with Gasteiger partial charge in [-0.15, -0.1) is 0 Å². The third kappa shape index (κ3) is 4.97. The van der Waals surface area contributed by atoms with Gasteiger partial charge < -0.3 is 5.32 Å². The maximum Gasteiger partial charge on any atom is 0.266 e. The number of para-hydroxylation sites is 1. The van der Waals surface area contributed by atoms with Gasteiger partial charge in [0.05, 0.1) is 27.4 Å². The van der Waals surface area contributed by atoms with Gasteiger partial charge in [0.2, 0.25) is 5.91 Å². The van der Waals surface area contributed by atoms with Crippen molar-refractivity contribution in [3.05, 3.63) is 63.7 Å². The second-order valence-electron chi connectivity index (χ2n) is 6.70. The fourth-order valence-electron chi connectivity index (χ4n) is 3.01. The van der Waals surface area contributed by atoms with E-state index < -0.39 is 5.82 Å². The predicted molar refractivity (Wildman–Crippen MR) is 116 cm³/mol. The average molecular weight is 434 g/mol. The molecule has 0 saturated carbocycles. The Labute approximate surface area is 177 Å². The summed E-state index contributed by atoms with van der Waals surface area (Å²) in [5.41, 5.74) is 0.617. The van der Waals surface area contributed by atoms with Crippen LogP contribution >= 0.6 is 23.4 Å². The van der Waals surface area contributed by atoms with Crippen LogP contribution in [0.4, 0.5) is 4.39 Å². The molecule has 2 aromatic carbocycles. The maximum atomic E-state index is 13.6. The van der Waals surface area contributed by atoms with Crippen LogP contribution in [0.2, 0.25) is 5.02 Å². The molecule has 0 radical (unpaired) electrons. The Kier molecular flexibility index (Phi) is 6.92. The van der Waals surface area contributed by atoms with E-state index >= 15 is 0 Å². The highest BCUT2D eigenvalue weighted by Crippen LogP contribution is 2.24. The van der Waals surface area contributed by atoms with Crippen molar-refractivity contribution < 1.29 is 9.18 Å². The van der Waals surface area contributed by atoms with Gasteiger partial charge in [-0.25, -0.2) is 9.37 Å². The summed E-state index contributed by atoms with van der Waals surface area (Å²) in [7, 11) is 0. The molecule has 3 rings (SSSR count). The third-order valence-electron chi connectivity index (χ3n) is 4.37. The first-order valence-corrected chi connectivity index (χ1v) is 10.7. The van der Waals surface area contributed by atoms with Gasteiger partial charge in [-0.05, 0) is 43.7 Å². The van der Waals surface area contributed by atoms with Crippen LogP contribution in [0.1, 0.15) is 26.7 Å². The molecule has 29 heavy (non-hydrogen) atoms. The summed E-state index contributed by atoms with van der Waals surface area (Å²) in [6, 6.07) is 11.1. The third-order valence-corrected chi connectivity index (χ3v) is 5.60. The minimum atomic E-state index is -0.573. The number of rotatable bonds is 7. The summed E-state index contributed by atoms with van der Waals surface area (Å²) >= 11 is 7.07. The van der Waals surface area contributed by atoms with E-state index in [1.165, 1.54) is 22.8 Å². The van der Waals surface area contributed by atoms with E-state index in [2.05, 4.69) is 17.2 Å². The molecular formula is C21H21ClFN3O2S. The summed E-state index contributed by atoms with van der Waals surface area (Å²) in [5, 5.41) is 3.61. The second-order valence-corrected chi connectivity index (χ2v) is 8.05. The first-order chi connectivity index (χ1) is 13.9. The number of thioether (sulfide) groups is 1. The Bertz CT molecular complexity index is 1100. The van der Waals surface area contributed by atoms with E-state index in [-0.39, 0.29) is 28.3 Å². The number of hydrogen-bond acceptors (Lipinski definition) is 4. The first kappa shape index (κ1) is 21.3. The van der Waals surface area contributed by atoms with Gasteiger partial charge in [0.15, 0.2) is 5.16 Å². The zero-order valence-electron chi connectivity index (χ0n) is 16.1. The molecule has 5 nitrogen and oxygen atoms in total. The maximum absolute atomic E-state index is 13.6. The van der Waals surface area contributed by atoms with E-state index in [0.29, 0.717) is 21.7 Å². The summed E-state index contributed by atoms with van der Waals surface area (Å²) in [6.07, 6.45) is 1.87. The van der Waals surface area contributed by atoms with Crippen molar-refractivity contribution in [2.45, 2.75) is 37.9 Å². The minimum absolute atomic E-state index is 0.0794. The van der Waals surface area contributed by atoms with Gasteiger partial charge in [-0.2, -0.15) is 0 Å². The molecule has 1 amide bonds. The van der Waals surface area contributed by atoms with Crippen LogP contribution in [0.25, 0.3) is 16.6 Å². The van der Waals surface area contributed by atoms with Crippen molar-refractivity contribution in [3.63, 3.8) is 0 Å². The van der Waals surface area contributed by atoms with Crippen molar-refractivity contribution >= 4 is 40.2 Å². The first-order valence-electron chi connectivity index (χ1n) is 9.30. The lowest BCUT2D eigenvalue weighted by Crippen LogP contribution is -2.34. The number of nitrogens with one attached hydrogen (secondary N) is 1. The Morgan fingerprint density at radius 1 is 1.31 bits per heavy atom. The number of hydrogen-bond donors (Lipinski definition) is 1. The lowest BCUT2D eigenvalue weighted by Gasteiger charge is -2.15. The van der Waals surface area contributed by atoms with E-state index in [0.717, 1.165) is 24.6 Å². The topological polar surface area (TPSA) is 64.0 Å². The summed E-state index contributed by atoms with van der Waals surface area (Å²) in [4.78, 5) is 30.0. The molecule has 1 N–H and O–H groups in total. The largest absolute Gasteiger partial charge is 0.353 e. The molecule has 1 aromatic heterocycles. The van der Waals surface area contributed by atoms with Crippen molar-refractivity contribution in [1.29, 1.82) is 0 Å². The van der Waals surface area contributed by atoms with E-state index in [9.17, 15) is 14.0 Å². The number of carbonyl (C=O) groups excluding carboxylic acids is 1. The van der Waals surface area contributed by atoms with Crippen molar-refractivity contribution in [3.8, 4) is 5.69 Å². The van der Waals surface area contributed by atoms with Gasteiger partial charge in [0.1, 0.15) is 5.82 Å². The molecule has 0 fully saturated rings. The molecule has 3 aromatic rings. The van der Waals surface area contributed by atoms with Crippen LogP contribution in [0.15, 0.2) is 52.4 Å². The van der Waals surface area contributed by atoms with Crippen LogP contribution in [-0.2, 0) is 4.79 Å². The van der Waals surface area contributed by atoms with Crippen LogP contribution in [-0.4, -0.2) is 27.3 Å².